The molecule has 1 aromatic heterocycles. The van der Waals surface area contributed by atoms with Crippen molar-refractivity contribution in [3.63, 3.8) is 0 Å². The Bertz CT molecular complexity index is 946. The van der Waals surface area contributed by atoms with Crippen LogP contribution in [-0.4, -0.2) is 52.8 Å². The Hall–Kier alpha value is -2.44. The van der Waals surface area contributed by atoms with E-state index in [1.807, 2.05) is 31.2 Å². The number of nitrogens with zero attached hydrogens (tertiary/aromatic N) is 2. The molecule has 31 heavy (non-hydrogen) atoms. The molecule has 5 rings (SSSR count). The van der Waals surface area contributed by atoms with Crippen LogP contribution in [0.15, 0.2) is 43.1 Å². The van der Waals surface area contributed by atoms with Gasteiger partial charge in [-0.25, -0.2) is 4.79 Å². The molecule has 3 aliphatic heterocycles. The summed E-state index contributed by atoms with van der Waals surface area (Å²) < 4.78 is 11.1. The van der Waals surface area contributed by atoms with Crippen molar-refractivity contribution in [2.45, 2.75) is 51.4 Å². The average molecular weight is 425 g/mol. The van der Waals surface area contributed by atoms with Crippen molar-refractivity contribution >= 4 is 16.9 Å². The first-order chi connectivity index (χ1) is 15.0. The number of fused-ring (bicyclic) bond motifs is 4. The van der Waals surface area contributed by atoms with E-state index in [-0.39, 0.29) is 12.0 Å². The number of esters is 1. The van der Waals surface area contributed by atoms with Gasteiger partial charge in [-0.3, -0.25) is 9.88 Å². The number of carbonyl (C=O) groups is 1. The quantitative estimate of drug-likeness (QED) is 0.512. The maximum absolute atomic E-state index is 12.1. The van der Waals surface area contributed by atoms with Crippen LogP contribution in [0.2, 0.25) is 0 Å². The normalized spacial score (nSPS) is 26.9. The molecule has 0 radical (unpaired) electrons. The predicted octanol–water partition coefficient (Wildman–Crippen LogP) is 3.89. The Morgan fingerprint density at radius 1 is 1.39 bits per heavy atom. The lowest BCUT2D eigenvalue weighted by Gasteiger charge is -2.50. The van der Waals surface area contributed by atoms with Crippen LogP contribution in [0.4, 0.5) is 0 Å². The van der Waals surface area contributed by atoms with Crippen molar-refractivity contribution in [3.05, 3.63) is 48.7 Å². The SMILES string of the molecule is C=C[C@H]1CN2CC[C@H]1C[C@@H]2C(O)c1ccnc2ccc(OC(CC)C(=O)OCC)cc12. The smallest absolute Gasteiger partial charge is 0.347 e. The molecular formula is C25H32N2O4. The van der Waals surface area contributed by atoms with E-state index in [0.29, 0.717) is 30.6 Å². The number of benzene rings is 1. The lowest BCUT2D eigenvalue weighted by molar-refractivity contribution is -0.151. The molecule has 1 aromatic carbocycles. The molecule has 2 bridgehead atoms. The largest absolute Gasteiger partial charge is 0.479 e. The summed E-state index contributed by atoms with van der Waals surface area (Å²) in [4.78, 5) is 19.0. The van der Waals surface area contributed by atoms with E-state index in [4.69, 9.17) is 9.47 Å². The van der Waals surface area contributed by atoms with E-state index in [1.54, 1.807) is 13.1 Å². The van der Waals surface area contributed by atoms with E-state index in [0.717, 1.165) is 36.0 Å². The molecule has 1 N–H and O–H groups in total. The van der Waals surface area contributed by atoms with E-state index in [1.165, 1.54) is 6.42 Å². The van der Waals surface area contributed by atoms with E-state index < -0.39 is 12.2 Å². The number of carbonyl (C=O) groups excluding carboxylic acids is 1. The highest BCUT2D eigenvalue weighted by molar-refractivity contribution is 5.84. The number of aliphatic hydroxyl groups excluding tert-OH is 1. The zero-order valence-electron chi connectivity index (χ0n) is 18.4. The van der Waals surface area contributed by atoms with Crippen LogP contribution >= 0.6 is 0 Å². The van der Waals surface area contributed by atoms with Crippen LogP contribution in [0.3, 0.4) is 0 Å². The summed E-state index contributed by atoms with van der Waals surface area (Å²) >= 11 is 0. The van der Waals surface area contributed by atoms with Gasteiger partial charge in [-0.2, -0.15) is 0 Å². The molecule has 3 aliphatic rings. The second kappa shape index (κ2) is 9.37. The summed E-state index contributed by atoms with van der Waals surface area (Å²) in [6.07, 6.45) is 5.21. The van der Waals surface area contributed by atoms with Crippen LogP contribution in [-0.2, 0) is 9.53 Å². The monoisotopic (exact) mass is 424 g/mol. The third-order valence-corrected chi connectivity index (χ3v) is 6.78. The standard InChI is InChI=1S/C25H32N2O4/c1-4-16-15-27-12-10-17(16)13-22(27)24(28)19-9-11-26-21-8-7-18(14-20(19)21)31-23(5-2)25(29)30-6-3/h4,7-9,11,14,16-17,22-24,28H,1,5-6,10,12-13,15H2,2-3H3/t16-,17-,22+,23?,24?/m0/s1. The molecule has 0 saturated carbocycles. The van der Waals surface area contributed by atoms with Crippen LogP contribution in [0, 0.1) is 11.8 Å². The molecule has 0 spiro atoms. The molecule has 6 atom stereocenters. The highest BCUT2D eigenvalue weighted by Gasteiger charge is 2.42. The third-order valence-electron chi connectivity index (χ3n) is 6.78. The summed E-state index contributed by atoms with van der Waals surface area (Å²) in [5.74, 6) is 1.31. The van der Waals surface area contributed by atoms with Crippen molar-refractivity contribution in [2.75, 3.05) is 19.7 Å². The van der Waals surface area contributed by atoms with Gasteiger partial charge in [0, 0.05) is 24.2 Å². The first kappa shape index (κ1) is 21.8. The summed E-state index contributed by atoms with van der Waals surface area (Å²) in [5.41, 5.74) is 1.65. The van der Waals surface area contributed by atoms with Crippen LogP contribution in [0.5, 0.6) is 5.75 Å². The Morgan fingerprint density at radius 2 is 2.23 bits per heavy atom. The number of aliphatic hydroxyl groups is 1. The molecule has 3 saturated heterocycles. The number of hydrogen-bond donors (Lipinski definition) is 1. The average Bonchev–Trinajstić information content (AvgIpc) is 2.81. The first-order valence-electron chi connectivity index (χ1n) is 11.3. The molecule has 6 heteroatoms. The minimum absolute atomic E-state index is 0.0908. The van der Waals surface area contributed by atoms with Crippen molar-refractivity contribution in [2.24, 2.45) is 11.8 Å². The predicted molar refractivity (Wildman–Crippen MR) is 120 cm³/mol. The number of rotatable bonds is 8. The fourth-order valence-electron chi connectivity index (χ4n) is 5.09. The molecule has 0 amide bonds. The van der Waals surface area contributed by atoms with Gasteiger partial charge in [-0.1, -0.05) is 13.0 Å². The number of aromatic nitrogens is 1. The van der Waals surface area contributed by atoms with Gasteiger partial charge in [0.15, 0.2) is 6.10 Å². The number of hydrogen-bond acceptors (Lipinski definition) is 6. The lowest BCUT2D eigenvalue weighted by atomic mass is 9.73. The van der Waals surface area contributed by atoms with Crippen molar-refractivity contribution in [1.82, 2.24) is 9.88 Å². The summed E-state index contributed by atoms with van der Waals surface area (Å²) in [7, 11) is 0. The maximum Gasteiger partial charge on any atom is 0.347 e. The second-order valence-corrected chi connectivity index (χ2v) is 8.54. The Morgan fingerprint density at radius 3 is 2.90 bits per heavy atom. The minimum Gasteiger partial charge on any atom is -0.479 e. The van der Waals surface area contributed by atoms with Crippen LogP contribution in [0.1, 0.15) is 44.8 Å². The van der Waals surface area contributed by atoms with E-state index in [2.05, 4.69) is 22.5 Å². The second-order valence-electron chi connectivity index (χ2n) is 8.54. The number of pyridine rings is 1. The lowest BCUT2D eigenvalue weighted by Crippen LogP contribution is -2.54. The third kappa shape index (κ3) is 4.32. The molecule has 3 unspecified atom stereocenters. The zero-order valence-corrected chi connectivity index (χ0v) is 18.4. The fourth-order valence-corrected chi connectivity index (χ4v) is 5.09. The van der Waals surface area contributed by atoms with Crippen molar-refractivity contribution in [1.29, 1.82) is 0 Å². The molecule has 2 aromatic rings. The van der Waals surface area contributed by atoms with Gasteiger partial charge >= 0.3 is 5.97 Å². The topological polar surface area (TPSA) is 71.9 Å². The molecule has 0 aliphatic carbocycles. The van der Waals surface area contributed by atoms with Crippen LogP contribution in [0.25, 0.3) is 10.9 Å². The number of piperidine rings is 3. The summed E-state index contributed by atoms with van der Waals surface area (Å²) in [5, 5.41) is 12.2. The minimum atomic E-state index is -0.654. The van der Waals surface area contributed by atoms with Crippen molar-refractivity contribution in [3.8, 4) is 5.75 Å². The highest BCUT2D eigenvalue weighted by Crippen LogP contribution is 2.42. The maximum atomic E-state index is 12.1. The fraction of sp³-hybridized carbons (Fsp3) is 0.520. The summed E-state index contributed by atoms with van der Waals surface area (Å²) in [6.45, 7) is 9.97. The molecule has 3 fully saturated rings. The Kier molecular flexibility index (Phi) is 6.58. The molecular weight excluding hydrogens is 392 g/mol. The van der Waals surface area contributed by atoms with Gasteiger partial charge in [0.05, 0.1) is 18.2 Å². The number of ether oxygens (including phenoxy) is 2. The van der Waals surface area contributed by atoms with Gasteiger partial charge in [-0.05, 0) is 74.4 Å². The highest BCUT2D eigenvalue weighted by atomic mass is 16.6. The Labute approximate surface area is 183 Å². The van der Waals surface area contributed by atoms with Gasteiger partial charge < -0.3 is 14.6 Å². The molecule has 4 heterocycles. The summed E-state index contributed by atoms with van der Waals surface area (Å²) in [6, 6.07) is 7.56. The van der Waals surface area contributed by atoms with Gasteiger partial charge in [0.25, 0.3) is 0 Å². The van der Waals surface area contributed by atoms with E-state index in [9.17, 15) is 9.90 Å². The van der Waals surface area contributed by atoms with E-state index >= 15 is 0 Å². The van der Waals surface area contributed by atoms with Gasteiger partial charge in [0.2, 0.25) is 0 Å². The van der Waals surface area contributed by atoms with Crippen LogP contribution < -0.4 is 4.74 Å². The Balaban J connectivity index is 1.60. The van der Waals surface area contributed by atoms with Gasteiger partial charge in [-0.15, -0.1) is 6.58 Å². The molecule has 6 nitrogen and oxygen atoms in total. The van der Waals surface area contributed by atoms with Gasteiger partial charge in [0.1, 0.15) is 5.75 Å². The first-order valence-corrected chi connectivity index (χ1v) is 11.3. The zero-order chi connectivity index (χ0) is 22.0. The molecule has 166 valence electrons. The van der Waals surface area contributed by atoms with Crippen molar-refractivity contribution < 1.29 is 19.4 Å².